The Morgan fingerprint density at radius 1 is 1.45 bits per heavy atom. The van der Waals surface area contributed by atoms with Crippen molar-refractivity contribution in [3.8, 4) is 0 Å². The van der Waals surface area contributed by atoms with Gasteiger partial charge in [0.05, 0.1) is 17.6 Å². The van der Waals surface area contributed by atoms with Gasteiger partial charge in [-0.3, -0.25) is 4.79 Å². The van der Waals surface area contributed by atoms with Crippen LogP contribution in [0.25, 0.3) is 0 Å². The maximum absolute atomic E-state index is 12.5. The summed E-state index contributed by atoms with van der Waals surface area (Å²) >= 11 is 0. The number of rotatable bonds is 3. The second-order valence-electron chi connectivity index (χ2n) is 4.89. The highest BCUT2D eigenvalue weighted by molar-refractivity contribution is 7.89. The molecule has 7 heteroatoms. The van der Waals surface area contributed by atoms with Crippen molar-refractivity contribution < 1.29 is 17.9 Å². The Balaban J connectivity index is 2.39. The molecule has 0 spiro atoms. The minimum absolute atomic E-state index is 0.0889. The lowest BCUT2D eigenvalue weighted by atomic mass is 10.1. The molecule has 1 fully saturated rings. The number of hydrogen-bond donors (Lipinski definition) is 1. The summed E-state index contributed by atoms with van der Waals surface area (Å²) in [6.45, 7) is 4.53. The smallest absolute Gasteiger partial charge is 0.249 e. The van der Waals surface area contributed by atoms with Crippen molar-refractivity contribution in [2.45, 2.75) is 24.8 Å². The van der Waals surface area contributed by atoms with Crippen molar-refractivity contribution in [3.05, 3.63) is 29.3 Å². The fourth-order valence-electron chi connectivity index (χ4n) is 2.18. The molecule has 1 aromatic carbocycles. The van der Waals surface area contributed by atoms with E-state index in [2.05, 4.69) is 0 Å². The minimum atomic E-state index is -3.62. The molecule has 6 nitrogen and oxygen atoms in total. The average Bonchev–Trinajstić information content (AvgIpc) is 2.38. The largest absolute Gasteiger partial charge is 0.376 e. The van der Waals surface area contributed by atoms with E-state index in [-0.39, 0.29) is 16.6 Å². The van der Waals surface area contributed by atoms with Gasteiger partial charge in [-0.05, 0) is 31.5 Å². The zero-order chi connectivity index (χ0) is 14.9. The van der Waals surface area contributed by atoms with E-state index in [1.54, 1.807) is 13.0 Å². The average molecular weight is 298 g/mol. The molecule has 1 aliphatic heterocycles. The summed E-state index contributed by atoms with van der Waals surface area (Å²) in [5.41, 5.74) is 6.15. The van der Waals surface area contributed by atoms with Gasteiger partial charge in [-0.2, -0.15) is 4.31 Å². The third kappa shape index (κ3) is 2.84. The van der Waals surface area contributed by atoms with E-state index in [4.69, 9.17) is 10.5 Å². The van der Waals surface area contributed by atoms with Crippen molar-refractivity contribution in [2.75, 3.05) is 19.7 Å². The van der Waals surface area contributed by atoms with Gasteiger partial charge in [-0.25, -0.2) is 8.42 Å². The Morgan fingerprint density at radius 3 is 2.75 bits per heavy atom. The molecule has 20 heavy (non-hydrogen) atoms. The Hall–Kier alpha value is -1.44. The van der Waals surface area contributed by atoms with Crippen LogP contribution in [0.3, 0.4) is 0 Å². The van der Waals surface area contributed by atoms with Crippen molar-refractivity contribution in [3.63, 3.8) is 0 Å². The molecule has 1 aliphatic rings. The van der Waals surface area contributed by atoms with Gasteiger partial charge < -0.3 is 10.5 Å². The number of ether oxygens (including phenoxy) is 1. The van der Waals surface area contributed by atoms with Gasteiger partial charge in [0.2, 0.25) is 15.9 Å². The first-order chi connectivity index (χ1) is 9.32. The quantitative estimate of drug-likeness (QED) is 0.880. The first-order valence-electron chi connectivity index (χ1n) is 6.34. The summed E-state index contributed by atoms with van der Waals surface area (Å²) in [5.74, 6) is -0.630. The van der Waals surface area contributed by atoms with Gasteiger partial charge in [0.1, 0.15) is 0 Å². The fraction of sp³-hybridized carbons (Fsp3) is 0.462. The van der Waals surface area contributed by atoms with Crippen LogP contribution in [0.5, 0.6) is 0 Å². The van der Waals surface area contributed by atoms with Gasteiger partial charge in [-0.1, -0.05) is 6.07 Å². The monoisotopic (exact) mass is 298 g/mol. The molecule has 1 heterocycles. The molecule has 1 amide bonds. The summed E-state index contributed by atoms with van der Waals surface area (Å²) in [4.78, 5) is 11.4. The normalized spacial score (nSPS) is 20.8. The first-order valence-corrected chi connectivity index (χ1v) is 7.78. The summed E-state index contributed by atoms with van der Waals surface area (Å²) in [6, 6.07) is 4.43. The molecule has 1 unspecified atom stereocenters. The lowest BCUT2D eigenvalue weighted by Crippen LogP contribution is -2.44. The molecule has 1 saturated heterocycles. The maximum Gasteiger partial charge on any atom is 0.249 e. The van der Waals surface area contributed by atoms with E-state index in [0.717, 1.165) is 0 Å². The standard InChI is InChI=1S/C13H18N2O4S/c1-9-3-4-11(7-12(9)13(14)16)20(17,18)15-5-6-19-10(2)8-15/h3-4,7,10H,5-6,8H2,1-2H3,(H2,14,16). The van der Waals surface area contributed by atoms with E-state index in [1.807, 2.05) is 6.92 Å². The molecular formula is C13H18N2O4S. The molecule has 1 atom stereocenters. The third-order valence-electron chi connectivity index (χ3n) is 3.32. The van der Waals surface area contributed by atoms with Gasteiger partial charge in [0.25, 0.3) is 0 Å². The summed E-state index contributed by atoms with van der Waals surface area (Å²) in [6.07, 6.45) is -0.139. The Kier molecular flexibility index (Phi) is 4.12. The van der Waals surface area contributed by atoms with E-state index in [9.17, 15) is 13.2 Å². The van der Waals surface area contributed by atoms with Crippen molar-refractivity contribution in [1.29, 1.82) is 0 Å². The van der Waals surface area contributed by atoms with E-state index in [0.29, 0.717) is 25.3 Å². The zero-order valence-electron chi connectivity index (χ0n) is 11.5. The van der Waals surface area contributed by atoms with Crippen LogP contribution >= 0.6 is 0 Å². The van der Waals surface area contributed by atoms with Crippen LogP contribution in [-0.4, -0.2) is 44.4 Å². The van der Waals surface area contributed by atoms with Crippen LogP contribution in [-0.2, 0) is 14.8 Å². The predicted octanol–water partition coefficient (Wildman–Crippen LogP) is 0.503. The van der Waals surface area contributed by atoms with Crippen LogP contribution in [0.15, 0.2) is 23.1 Å². The maximum atomic E-state index is 12.5. The van der Waals surface area contributed by atoms with Crippen LogP contribution < -0.4 is 5.73 Å². The van der Waals surface area contributed by atoms with Crippen LogP contribution in [0.1, 0.15) is 22.8 Å². The molecule has 0 aromatic heterocycles. The number of carbonyl (C=O) groups is 1. The van der Waals surface area contributed by atoms with Gasteiger partial charge in [-0.15, -0.1) is 0 Å². The molecule has 0 saturated carbocycles. The third-order valence-corrected chi connectivity index (χ3v) is 5.18. The molecule has 2 rings (SSSR count). The number of sulfonamides is 1. The number of nitrogens with zero attached hydrogens (tertiary/aromatic N) is 1. The number of aryl methyl sites for hydroxylation is 1. The van der Waals surface area contributed by atoms with Crippen molar-refractivity contribution >= 4 is 15.9 Å². The molecule has 0 radical (unpaired) electrons. The highest BCUT2D eigenvalue weighted by atomic mass is 32.2. The van der Waals surface area contributed by atoms with Crippen LogP contribution in [0.4, 0.5) is 0 Å². The molecule has 0 aliphatic carbocycles. The number of primary amides is 1. The lowest BCUT2D eigenvalue weighted by Gasteiger charge is -2.30. The SMILES string of the molecule is Cc1ccc(S(=O)(=O)N2CCOC(C)C2)cc1C(N)=O. The van der Waals surface area contributed by atoms with Gasteiger partial charge in [0, 0.05) is 18.7 Å². The van der Waals surface area contributed by atoms with E-state index in [1.165, 1.54) is 16.4 Å². The number of hydrogen-bond acceptors (Lipinski definition) is 4. The summed E-state index contributed by atoms with van der Waals surface area (Å²) in [7, 11) is -3.62. The van der Waals surface area contributed by atoms with Crippen LogP contribution in [0, 0.1) is 6.92 Å². The number of carbonyl (C=O) groups excluding carboxylic acids is 1. The highest BCUT2D eigenvalue weighted by Gasteiger charge is 2.29. The second-order valence-corrected chi connectivity index (χ2v) is 6.82. The first kappa shape index (κ1) is 15.0. The van der Waals surface area contributed by atoms with Gasteiger partial charge in [0.15, 0.2) is 0 Å². The van der Waals surface area contributed by atoms with E-state index < -0.39 is 15.9 Å². The second kappa shape index (κ2) is 5.51. The Morgan fingerprint density at radius 2 is 2.15 bits per heavy atom. The number of morpholine rings is 1. The number of nitrogens with two attached hydrogens (primary N) is 1. The van der Waals surface area contributed by atoms with E-state index >= 15 is 0 Å². The number of benzene rings is 1. The zero-order valence-corrected chi connectivity index (χ0v) is 12.3. The fourth-order valence-corrected chi connectivity index (χ4v) is 3.71. The minimum Gasteiger partial charge on any atom is -0.376 e. The van der Waals surface area contributed by atoms with Gasteiger partial charge >= 0.3 is 0 Å². The summed E-state index contributed by atoms with van der Waals surface area (Å²) < 4.78 is 31.8. The topological polar surface area (TPSA) is 89.7 Å². The van der Waals surface area contributed by atoms with Crippen LogP contribution in [0.2, 0.25) is 0 Å². The molecule has 2 N–H and O–H groups in total. The van der Waals surface area contributed by atoms with Crippen molar-refractivity contribution in [1.82, 2.24) is 4.31 Å². The lowest BCUT2D eigenvalue weighted by molar-refractivity contribution is 0.0102. The molecule has 0 bridgehead atoms. The molecule has 110 valence electrons. The Labute approximate surface area is 118 Å². The van der Waals surface area contributed by atoms with Crippen molar-refractivity contribution in [2.24, 2.45) is 5.73 Å². The summed E-state index contributed by atoms with van der Waals surface area (Å²) in [5, 5.41) is 0. The Bertz CT molecular complexity index is 627. The number of amides is 1. The molecular weight excluding hydrogens is 280 g/mol. The predicted molar refractivity (Wildman–Crippen MR) is 73.9 cm³/mol. The molecule has 1 aromatic rings. The highest BCUT2D eigenvalue weighted by Crippen LogP contribution is 2.21.